The second-order valence-electron chi connectivity index (χ2n) is 6.72. The Morgan fingerprint density at radius 1 is 1.39 bits per heavy atom. The Kier molecular flexibility index (Phi) is 3.70. The lowest BCUT2D eigenvalue weighted by Crippen LogP contribution is -2.55. The Morgan fingerprint density at radius 2 is 2.11 bits per heavy atom. The van der Waals surface area contributed by atoms with Crippen molar-refractivity contribution in [1.29, 1.82) is 0 Å². The number of aliphatic carboxylic acids is 1. The molecule has 104 valence electrons. The maximum absolute atomic E-state index is 11.2. The van der Waals surface area contributed by atoms with Crippen LogP contribution in [0.25, 0.3) is 0 Å². The summed E-state index contributed by atoms with van der Waals surface area (Å²) in [6.45, 7) is 5.81. The number of hydrogen-bond donors (Lipinski definition) is 2. The van der Waals surface area contributed by atoms with E-state index in [0.717, 1.165) is 38.8 Å². The van der Waals surface area contributed by atoms with Gasteiger partial charge < -0.3 is 15.1 Å². The third-order valence-corrected chi connectivity index (χ3v) is 4.71. The van der Waals surface area contributed by atoms with Gasteiger partial charge in [-0.25, -0.2) is 0 Å². The van der Waals surface area contributed by atoms with E-state index in [9.17, 15) is 15.0 Å². The normalized spacial score (nSPS) is 34.1. The average Bonchev–Trinajstić information content (AvgIpc) is 2.29. The summed E-state index contributed by atoms with van der Waals surface area (Å²) in [6.07, 6.45) is 5.14. The van der Waals surface area contributed by atoms with E-state index in [1.165, 1.54) is 6.42 Å². The van der Waals surface area contributed by atoms with Crippen molar-refractivity contribution in [3.63, 3.8) is 0 Å². The summed E-state index contributed by atoms with van der Waals surface area (Å²) in [5.41, 5.74) is -1.17. The van der Waals surface area contributed by atoms with Gasteiger partial charge in [0.15, 0.2) is 0 Å². The van der Waals surface area contributed by atoms with Crippen LogP contribution < -0.4 is 0 Å². The van der Waals surface area contributed by atoms with Crippen molar-refractivity contribution in [3.8, 4) is 0 Å². The molecule has 1 aliphatic carbocycles. The van der Waals surface area contributed by atoms with E-state index in [4.69, 9.17) is 0 Å². The molecule has 0 spiro atoms. The molecular formula is C14H25NO3. The van der Waals surface area contributed by atoms with E-state index >= 15 is 0 Å². The standard InChI is InChI=1S/C14H25NO3/c1-13(2,12(16)17)10-15-8-7-14(18)6-4-3-5-11(14)9-15/h11,18H,3-10H2,1-2H3,(H,16,17). The quantitative estimate of drug-likeness (QED) is 0.806. The average molecular weight is 255 g/mol. The lowest BCUT2D eigenvalue weighted by Gasteiger charge is -2.48. The molecule has 2 atom stereocenters. The maximum Gasteiger partial charge on any atom is 0.310 e. The first-order chi connectivity index (χ1) is 8.33. The van der Waals surface area contributed by atoms with E-state index < -0.39 is 17.0 Å². The highest BCUT2D eigenvalue weighted by Gasteiger charge is 2.44. The van der Waals surface area contributed by atoms with E-state index in [1.807, 2.05) is 0 Å². The molecule has 0 radical (unpaired) electrons. The third kappa shape index (κ3) is 2.69. The maximum atomic E-state index is 11.2. The van der Waals surface area contributed by atoms with Crippen LogP contribution in [0.1, 0.15) is 46.0 Å². The minimum absolute atomic E-state index is 0.338. The van der Waals surface area contributed by atoms with E-state index in [2.05, 4.69) is 4.90 Å². The van der Waals surface area contributed by atoms with Gasteiger partial charge in [0.25, 0.3) is 0 Å². The number of carboxylic acids is 1. The first kappa shape index (κ1) is 13.8. The number of carbonyl (C=O) groups is 1. The Hall–Kier alpha value is -0.610. The molecule has 0 aromatic rings. The number of rotatable bonds is 3. The van der Waals surface area contributed by atoms with Crippen LogP contribution >= 0.6 is 0 Å². The zero-order valence-electron chi connectivity index (χ0n) is 11.5. The first-order valence-electron chi connectivity index (χ1n) is 7.02. The molecule has 1 saturated heterocycles. The summed E-state index contributed by atoms with van der Waals surface area (Å²) < 4.78 is 0. The second kappa shape index (κ2) is 4.82. The molecule has 4 nitrogen and oxygen atoms in total. The summed E-state index contributed by atoms with van der Waals surface area (Å²) >= 11 is 0. The highest BCUT2D eigenvalue weighted by molar-refractivity contribution is 5.73. The van der Waals surface area contributed by atoms with Gasteiger partial charge in [-0.05, 0) is 33.1 Å². The van der Waals surface area contributed by atoms with Gasteiger partial charge in [-0.1, -0.05) is 12.8 Å². The molecule has 2 rings (SSSR count). The molecule has 1 aliphatic heterocycles. The molecular weight excluding hydrogens is 230 g/mol. The topological polar surface area (TPSA) is 60.8 Å². The molecule has 2 N–H and O–H groups in total. The van der Waals surface area contributed by atoms with Gasteiger partial charge in [0.05, 0.1) is 11.0 Å². The summed E-state index contributed by atoms with van der Waals surface area (Å²) in [7, 11) is 0. The van der Waals surface area contributed by atoms with Crippen LogP contribution in [0.5, 0.6) is 0 Å². The lowest BCUT2D eigenvalue weighted by atomic mass is 9.71. The molecule has 18 heavy (non-hydrogen) atoms. The summed E-state index contributed by atoms with van der Waals surface area (Å²) in [5, 5.41) is 19.8. The Morgan fingerprint density at radius 3 is 2.78 bits per heavy atom. The number of hydrogen-bond acceptors (Lipinski definition) is 3. The van der Waals surface area contributed by atoms with Crippen LogP contribution in [0.2, 0.25) is 0 Å². The van der Waals surface area contributed by atoms with Crippen molar-refractivity contribution in [1.82, 2.24) is 4.90 Å². The van der Waals surface area contributed by atoms with Gasteiger partial charge in [-0.2, -0.15) is 0 Å². The predicted octanol–water partition coefficient (Wildman–Crippen LogP) is 1.72. The van der Waals surface area contributed by atoms with Gasteiger partial charge in [-0.15, -0.1) is 0 Å². The van der Waals surface area contributed by atoms with Gasteiger partial charge in [-0.3, -0.25) is 4.79 Å². The van der Waals surface area contributed by atoms with Crippen LogP contribution in [0.15, 0.2) is 0 Å². The number of carboxylic acid groups (broad SMARTS) is 1. The first-order valence-corrected chi connectivity index (χ1v) is 7.02. The summed E-state index contributed by atoms with van der Waals surface area (Å²) in [6, 6.07) is 0. The number of aliphatic hydroxyl groups is 1. The molecule has 2 unspecified atom stereocenters. The molecule has 2 fully saturated rings. The third-order valence-electron chi connectivity index (χ3n) is 4.71. The van der Waals surface area contributed by atoms with Gasteiger partial charge in [0, 0.05) is 25.6 Å². The molecule has 4 heteroatoms. The predicted molar refractivity (Wildman–Crippen MR) is 69.4 cm³/mol. The van der Waals surface area contributed by atoms with Crippen LogP contribution in [0.4, 0.5) is 0 Å². The highest BCUT2D eigenvalue weighted by atomic mass is 16.4. The van der Waals surface area contributed by atoms with Crippen molar-refractivity contribution < 1.29 is 15.0 Å². The van der Waals surface area contributed by atoms with Crippen molar-refractivity contribution in [3.05, 3.63) is 0 Å². The lowest BCUT2D eigenvalue weighted by molar-refractivity contribution is -0.149. The minimum Gasteiger partial charge on any atom is -0.481 e. The van der Waals surface area contributed by atoms with E-state index in [0.29, 0.717) is 12.5 Å². The monoisotopic (exact) mass is 255 g/mol. The smallest absolute Gasteiger partial charge is 0.310 e. The highest BCUT2D eigenvalue weighted by Crippen LogP contribution is 2.40. The van der Waals surface area contributed by atoms with Crippen molar-refractivity contribution in [2.45, 2.75) is 51.6 Å². The SMILES string of the molecule is CC(C)(CN1CCC2(O)CCCCC2C1)C(=O)O. The molecule has 1 heterocycles. The van der Waals surface area contributed by atoms with Gasteiger partial charge in [0.1, 0.15) is 0 Å². The summed E-state index contributed by atoms with van der Waals surface area (Å²) in [4.78, 5) is 13.4. The van der Waals surface area contributed by atoms with Gasteiger partial charge in [0.2, 0.25) is 0 Å². The molecule has 0 aromatic heterocycles. The molecule has 2 aliphatic rings. The Labute approximate surface area is 109 Å². The van der Waals surface area contributed by atoms with Crippen molar-refractivity contribution in [2.24, 2.45) is 11.3 Å². The molecule has 0 bridgehead atoms. The molecule has 0 aromatic carbocycles. The molecule has 1 saturated carbocycles. The zero-order chi connectivity index (χ0) is 13.4. The fourth-order valence-corrected chi connectivity index (χ4v) is 3.41. The van der Waals surface area contributed by atoms with Crippen molar-refractivity contribution >= 4 is 5.97 Å². The van der Waals surface area contributed by atoms with Crippen LogP contribution in [-0.4, -0.2) is 46.3 Å². The van der Waals surface area contributed by atoms with Crippen LogP contribution in [0, 0.1) is 11.3 Å². The number of nitrogens with zero attached hydrogens (tertiary/aromatic N) is 1. The van der Waals surface area contributed by atoms with Crippen LogP contribution in [0.3, 0.4) is 0 Å². The molecule has 0 amide bonds. The summed E-state index contributed by atoms with van der Waals surface area (Å²) in [5.74, 6) is -0.406. The fourth-order valence-electron chi connectivity index (χ4n) is 3.41. The van der Waals surface area contributed by atoms with Gasteiger partial charge >= 0.3 is 5.97 Å². The van der Waals surface area contributed by atoms with Crippen LogP contribution in [-0.2, 0) is 4.79 Å². The minimum atomic E-state index is -0.744. The van der Waals surface area contributed by atoms with Crippen molar-refractivity contribution in [2.75, 3.05) is 19.6 Å². The second-order valence-corrected chi connectivity index (χ2v) is 6.72. The van der Waals surface area contributed by atoms with E-state index in [-0.39, 0.29) is 0 Å². The fraction of sp³-hybridized carbons (Fsp3) is 0.929. The van der Waals surface area contributed by atoms with E-state index in [1.54, 1.807) is 13.8 Å². The zero-order valence-corrected chi connectivity index (χ0v) is 11.5. The Bertz CT molecular complexity index is 329. The number of likely N-dealkylation sites (tertiary alicyclic amines) is 1. The largest absolute Gasteiger partial charge is 0.481 e. The number of piperidine rings is 1. The Balaban J connectivity index is 1.97. The number of fused-ring (bicyclic) bond motifs is 1.